The molecular formula is C34H44BrNO3. The first-order valence-corrected chi connectivity index (χ1v) is 15.7. The molecule has 3 fully saturated rings. The number of benzene rings is 2. The van der Waals surface area contributed by atoms with Crippen molar-refractivity contribution in [3.05, 3.63) is 82.3 Å². The van der Waals surface area contributed by atoms with E-state index < -0.39 is 5.60 Å². The number of fused-ring (bicyclic) bond motifs is 1. The number of ether oxygens (including phenoxy) is 1. The predicted molar refractivity (Wildman–Crippen MR) is 160 cm³/mol. The highest BCUT2D eigenvalue weighted by atomic mass is 79.9. The fourth-order valence-corrected chi connectivity index (χ4v) is 8.83. The van der Waals surface area contributed by atoms with Gasteiger partial charge in [0.05, 0.1) is 7.11 Å². The Morgan fingerprint density at radius 3 is 2.49 bits per heavy atom. The van der Waals surface area contributed by atoms with E-state index in [4.69, 9.17) is 9.57 Å². The van der Waals surface area contributed by atoms with Gasteiger partial charge in [0, 0.05) is 25.4 Å². The van der Waals surface area contributed by atoms with Crippen molar-refractivity contribution in [1.29, 1.82) is 0 Å². The fraction of sp³-hybridized carbons (Fsp3) is 0.559. The average Bonchev–Trinajstić information content (AvgIpc) is 3.50. The molecule has 5 heteroatoms. The van der Waals surface area contributed by atoms with Crippen molar-refractivity contribution < 1.29 is 14.4 Å². The lowest BCUT2D eigenvalue weighted by molar-refractivity contribution is -0.219. The first-order valence-electron chi connectivity index (χ1n) is 14.8. The van der Waals surface area contributed by atoms with Gasteiger partial charge in [-0.05, 0) is 84.2 Å². The van der Waals surface area contributed by atoms with Crippen LogP contribution in [0.4, 0.5) is 0 Å². The Balaban J connectivity index is 1.38. The first-order chi connectivity index (χ1) is 18.9. The molecule has 2 aromatic rings. The number of carbonyl (C=O) groups is 1. The van der Waals surface area contributed by atoms with Crippen LogP contribution in [0.3, 0.4) is 0 Å². The molecule has 2 aromatic carbocycles. The molecule has 2 aliphatic carbocycles. The molecule has 0 bridgehead atoms. The number of esters is 1. The van der Waals surface area contributed by atoms with E-state index in [1.165, 1.54) is 44.8 Å². The van der Waals surface area contributed by atoms with Gasteiger partial charge in [0.25, 0.3) is 0 Å². The third kappa shape index (κ3) is 5.92. The summed E-state index contributed by atoms with van der Waals surface area (Å²) in [6.45, 7) is 5.76. The zero-order valence-electron chi connectivity index (χ0n) is 23.8. The van der Waals surface area contributed by atoms with Gasteiger partial charge in [0.1, 0.15) is 0 Å². The van der Waals surface area contributed by atoms with Crippen LogP contribution in [0.1, 0.15) is 69.9 Å². The van der Waals surface area contributed by atoms with E-state index in [9.17, 15) is 4.79 Å². The maximum Gasteiger partial charge on any atom is 0.340 e. The smallest absolute Gasteiger partial charge is 0.340 e. The van der Waals surface area contributed by atoms with Gasteiger partial charge in [-0.2, -0.15) is 5.06 Å². The van der Waals surface area contributed by atoms with Gasteiger partial charge in [-0.1, -0.05) is 96.0 Å². The van der Waals surface area contributed by atoms with Crippen molar-refractivity contribution in [2.24, 2.45) is 23.2 Å². The minimum atomic E-state index is -0.990. The van der Waals surface area contributed by atoms with E-state index in [0.29, 0.717) is 36.0 Å². The normalized spacial score (nSPS) is 32.7. The minimum absolute atomic E-state index is 0.170. The van der Waals surface area contributed by atoms with Crippen LogP contribution in [0, 0.1) is 23.2 Å². The van der Waals surface area contributed by atoms with Gasteiger partial charge in [0.2, 0.25) is 0 Å². The molecule has 1 heterocycles. The number of nitrogens with zero attached hydrogens (tertiary/aromatic N) is 1. The molecule has 4 nitrogen and oxygen atoms in total. The van der Waals surface area contributed by atoms with Crippen molar-refractivity contribution in [3.63, 3.8) is 0 Å². The second-order valence-electron chi connectivity index (χ2n) is 12.5. The fourth-order valence-electron chi connectivity index (χ4n) is 8.28. The van der Waals surface area contributed by atoms with Crippen LogP contribution in [0.2, 0.25) is 0 Å². The maximum absolute atomic E-state index is 13.4. The molecular weight excluding hydrogens is 550 g/mol. The molecule has 6 atom stereocenters. The highest BCUT2D eigenvalue weighted by Gasteiger charge is 2.55. The molecule has 39 heavy (non-hydrogen) atoms. The standard InChI is InChI=1S/C34H44BrNO3/c1-25(30-16-17-31-28(24-35)15-10-19-33(30,31)2)21-29-23-34(32(37)38-3,22-27-13-8-5-9-14-27)39-36(29)20-18-26-11-6-4-7-12-26/h4-9,11-14,24-25,29-31H,10,15-23H2,1-3H3/b28-24+/t25-,29?,30-,31+,33-,34?/m1/s1. The van der Waals surface area contributed by atoms with E-state index in [-0.39, 0.29) is 12.0 Å². The van der Waals surface area contributed by atoms with Crippen molar-refractivity contribution in [1.82, 2.24) is 5.06 Å². The van der Waals surface area contributed by atoms with Crippen molar-refractivity contribution >= 4 is 21.9 Å². The van der Waals surface area contributed by atoms with E-state index in [2.05, 4.69) is 82.3 Å². The van der Waals surface area contributed by atoms with Gasteiger partial charge >= 0.3 is 5.97 Å². The van der Waals surface area contributed by atoms with Crippen molar-refractivity contribution in [2.75, 3.05) is 13.7 Å². The summed E-state index contributed by atoms with van der Waals surface area (Å²) >= 11 is 3.67. The predicted octanol–water partition coefficient (Wildman–Crippen LogP) is 7.91. The Labute approximate surface area is 243 Å². The summed E-state index contributed by atoms with van der Waals surface area (Å²) in [5, 5.41) is 2.14. The molecule has 1 saturated heterocycles. The first kappa shape index (κ1) is 28.6. The number of hydroxylamine groups is 2. The Hall–Kier alpha value is -1.95. The van der Waals surface area contributed by atoms with Crippen LogP contribution in [-0.2, 0) is 27.2 Å². The minimum Gasteiger partial charge on any atom is -0.467 e. The molecule has 0 aromatic heterocycles. The second-order valence-corrected chi connectivity index (χ2v) is 12.9. The monoisotopic (exact) mass is 593 g/mol. The number of halogens is 1. The molecule has 1 aliphatic heterocycles. The molecule has 3 aliphatic rings. The van der Waals surface area contributed by atoms with Crippen LogP contribution < -0.4 is 0 Å². The summed E-state index contributed by atoms with van der Waals surface area (Å²) in [6, 6.07) is 21.0. The number of rotatable bonds is 9. The number of methoxy groups -OCH3 is 1. The van der Waals surface area contributed by atoms with Gasteiger partial charge in [0.15, 0.2) is 5.60 Å². The van der Waals surface area contributed by atoms with Gasteiger partial charge < -0.3 is 4.74 Å². The highest BCUT2D eigenvalue weighted by molar-refractivity contribution is 9.11. The molecule has 0 spiro atoms. The van der Waals surface area contributed by atoms with E-state index >= 15 is 0 Å². The summed E-state index contributed by atoms with van der Waals surface area (Å²) in [4.78, 5) is 22.3. The number of carbonyl (C=O) groups excluding carboxylic acids is 1. The van der Waals surface area contributed by atoms with Gasteiger partial charge in [-0.15, -0.1) is 0 Å². The highest BCUT2D eigenvalue weighted by Crippen LogP contribution is 2.60. The Morgan fingerprint density at radius 2 is 1.82 bits per heavy atom. The molecule has 2 unspecified atom stereocenters. The molecule has 0 radical (unpaired) electrons. The quantitative estimate of drug-likeness (QED) is 0.277. The average molecular weight is 595 g/mol. The largest absolute Gasteiger partial charge is 0.467 e. The molecule has 0 amide bonds. The SMILES string of the molecule is COC(=O)C1(Cc2ccccc2)CC(C[C@@H](C)[C@H]2CC[C@H]3/C(=C/Br)CCC[C@]23C)N(CCc2ccccc2)O1. The van der Waals surface area contributed by atoms with Crippen molar-refractivity contribution in [2.45, 2.75) is 83.3 Å². The zero-order valence-corrected chi connectivity index (χ0v) is 25.4. The second kappa shape index (κ2) is 12.3. The van der Waals surface area contributed by atoms with Crippen molar-refractivity contribution in [3.8, 4) is 0 Å². The molecule has 5 rings (SSSR count). The lowest BCUT2D eigenvalue weighted by Crippen LogP contribution is -2.43. The van der Waals surface area contributed by atoms with Crippen LogP contribution in [0.15, 0.2) is 71.2 Å². The molecule has 2 saturated carbocycles. The Kier molecular flexibility index (Phi) is 9.00. The van der Waals surface area contributed by atoms with E-state index in [1.54, 1.807) is 5.57 Å². The molecule has 0 N–H and O–H groups in total. The Morgan fingerprint density at radius 1 is 1.13 bits per heavy atom. The lowest BCUT2D eigenvalue weighted by Gasteiger charge is -2.44. The van der Waals surface area contributed by atoms with Crippen LogP contribution in [0.5, 0.6) is 0 Å². The summed E-state index contributed by atoms with van der Waals surface area (Å²) in [6.07, 6.45) is 9.51. The number of allylic oxidation sites excluding steroid dienone is 1. The third-order valence-electron chi connectivity index (χ3n) is 10.1. The summed E-state index contributed by atoms with van der Waals surface area (Å²) in [5.74, 6) is 1.66. The number of hydrogen-bond donors (Lipinski definition) is 0. The third-order valence-corrected chi connectivity index (χ3v) is 10.7. The van der Waals surface area contributed by atoms with Gasteiger partial charge in [-0.3, -0.25) is 4.84 Å². The zero-order chi connectivity index (χ0) is 27.5. The van der Waals surface area contributed by atoms with E-state index in [0.717, 1.165) is 24.9 Å². The van der Waals surface area contributed by atoms with Crippen LogP contribution in [0.25, 0.3) is 0 Å². The number of hydrogen-bond acceptors (Lipinski definition) is 4. The van der Waals surface area contributed by atoms with Gasteiger partial charge in [-0.25, -0.2) is 4.79 Å². The lowest BCUT2D eigenvalue weighted by atomic mass is 9.61. The molecule has 210 valence electrons. The van der Waals surface area contributed by atoms with Crippen LogP contribution in [-0.4, -0.2) is 36.3 Å². The summed E-state index contributed by atoms with van der Waals surface area (Å²) in [5.41, 5.74) is 3.36. The maximum atomic E-state index is 13.4. The summed E-state index contributed by atoms with van der Waals surface area (Å²) in [7, 11) is 1.49. The van der Waals surface area contributed by atoms with Crippen LogP contribution >= 0.6 is 15.9 Å². The summed E-state index contributed by atoms with van der Waals surface area (Å²) < 4.78 is 5.38. The topological polar surface area (TPSA) is 38.8 Å². The van der Waals surface area contributed by atoms with E-state index in [1.807, 2.05) is 18.2 Å². The Bertz CT molecular complexity index is 1140.